The van der Waals surface area contributed by atoms with E-state index in [1.165, 1.54) is 5.56 Å². The van der Waals surface area contributed by atoms with Crippen molar-refractivity contribution in [3.8, 4) is 0 Å². The monoisotopic (exact) mass is 336 g/mol. The van der Waals surface area contributed by atoms with E-state index in [0.29, 0.717) is 6.04 Å². The number of nitrogens with zero attached hydrogens (tertiary/aromatic N) is 6. The fraction of sp³-hybridized carbons (Fsp3) is 0.421. The largest absolute Gasteiger partial charge is 0.349 e. The van der Waals surface area contributed by atoms with E-state index in [1.807, 2.05) is 6.33 Å². The van der Waals surface area contributed by atoms with Gasteiger partial charge in [0.05, 0.1) is 6.33 Å². The van der Waals surface area contributed by atoms with E-state index in [2.05, 4.69) is 73.5 Å². The summed E-state index contributed by atoms with van der Waals surface area (Å²) < 4.78 is 2.07. The molecule has 0 unspecified atom stereocenters. The van der Waals surface area contributed by atoms with Crippen molar-refractivity contribution in [1.29, 1.82) is 0 Å². The minimum Gasteiger partial charge on any atom is -0.349 e. The molecule has 4 rings (SSSR count). The maximum absolute atomic E-state index is 4.57. The summed E-state index contributed by atoms with van der Waals surface area (Å²) in [4.78, 5) is 18.4. The van der Waals surface area contributed by atoms with Gasteiger partial charge in [0.15, 0.2) is 17.0 Å². The van der Waals surface area contributed by atoms with Gasteiger partial charge in [-0.15, -0.1) is 0 Å². The minimum atomic E-state index is 0.391. The van der Waals surface area contributed by atoms with Crippen molar-refractivity contribution >= 4 is 17.0 Å². The van der Waals surface area contributed by atoms with Crippen molar-refractivity contribution in [3.63, 3.8) is 0 Å². The molecule has 1 fully saturated rings. The highest BCUT2D eigenvalue weighted by atomic mass is 15.3. The molecule has 25 heavy (non-hydrogen) atoms. The number of imidazole rings is 1. The van der Waals surface area contributed by atoms with E-state index in [4.69, 9.17) is 0 Å². The highest BCUT2D eigenvalue weighted by Crippen LogP contribution is 2.25. The van der Waals surface area contributed by atoms with Gasteiger partial charge in [-0.2, -0.15) is 0 Å². The Kier molecular flexibility index (Phi) is 4.36. The standard InChI is InChI=1S/C19H24N6/c1-3-24-14-22-17-18(24)20-13-21-19(17)25-10-9-23(11-15(25)2)12-16-7-5-4-6-8-16/h4-8,13-15H,3,9-12H2,1-2H3/t15-/m1/s1. The van der Waals surface area contributed by atoms with Gasteiger partial charge in [-0.3, -0.25) is 4.90 Å². The molecule has 0 spiro atoms. The molecule has 0 saturated carbocycles. The summed E-state index contributed by atoms with van der Waals surface area (Å²) in [6, 6.07) is 11.1. The summed E-state index contributed by atoms with van der Waals surface area (Å²) in [6.45, 7) is 9.25. The molecule has 6 heteroatoms. The van der Waals surface area contributed by atoms with Gasteiger partial charge in [0.25, 0.3) is 0 Å². The first-order valence-electron chi connectivity index (χ1n) is 8.95. The van der Waals surface area contributed by atoms with Crippen LogP contribution in [0, 0.1) is 0 Å². The van der Waals surface area contributed by atoms with Crippen LogP contribution in [-0.2, 0) is 13.1 Å². The van der Waals surface area contributed by atoms with Gasteiger partial charge in [0.1, 0.15) is 6.33 Å². The minimum absolute atomic E-state index is 0.391. The van der Waals surface area contributed by atoms with Crippen LogP contribution in [0.4, 0.5) is 5.82 Å². The Labute approximate surface area is 148 Å². The number of aryl methyl sites for hydroxylation is 1. The van der Waals surface area contributed by atoms with Crippen molar-refractivity contribution in [3.05, 3.63) is 48.5 Å². The number of piperazine rings is 1. The van der Waals surface area contributed by atoms with E-state index in [-0.39, 0.29) is 0 Å². The van der Waals surface area contributed by atoms with Crippen LogP contribution in [0.3, 0.4) is 0 Å². The topological polar surface area (TPSA) is 50.1 Å². The molecule has 1 atom stereocenters. The van der Waals surface area contributed by atoms with Crippen LogP contribution in [0.2, 0.25) is 0 Å². The number of aromatic nitrogens is 4. The lowest BCUT2D eigenvalue weighted by Gasteiger charge is -2.40. The molecule has 130 valence electrons. The maximum atomic E-state index is 4.57. The van der Waals surface area contributed by atoms with Gasteiger partial charge in [0, 0.05) is 38.8 Å². The number of rotatable bonds is 4. The second kappa shape index (κ2) is 6.80. The van der Waals surface area contributed by atoms with Gasteiger partial charge < -0.3 is 9.47 Å². The van der Waals surface area contributed by atoms with E-state index in [0.717, 1.165) is 49.7 Å². The third kappa shape index (κ3) is 3.09. The number of fused-ring (bicyclic) bond motifs is 1. The number of benzene rings is 1. The van der Waals surface area contributed by atoms with Crippen LogP contribution in [0.25, 0.3) is 11.2 Å². The molecule has 3 heterocycles. The summed E-state index contributed by atoms with van der Waals surface area (Å²) in [5, 5.41) is 0. The Bertz CT molecular complexity index is 844. The van der Waals surface area contributed by atoms with Crippen molar-refractivity contribution in [2.45, 2.75) is 33.0 Å². The molecule has 1 saturated heterocycles. The van der Waals surface area contributed by atoms with Crippen LogP contribution in [0.15, 0.2) is 43.0 Å². The molecule has 1 aromatic carbocycles. The van der Waals surface area contributed by atoms with Crippen molar-refractivity contribution in [2.75, 3.05) is 24.5 Å². The van der Waals surface area contributed by atoms with E-state index < -0.39 is 0 Å². The third-order valence-corrected chi connectivity index (χ3v) is 4.96. The summed E-state index contributed by atoms with van der Waals surface area (Å²) in [7, 11) is 0. The highest BCUT2D eigenvalue weighted by molar-refractivity contribution is 5.83. The molecule has 6 nitrogen and oxygen atoms in total. The molecule has 0 bridgehead atoms. The molecular formula is C19H24N6. The zero-order valence-electron chi connectivity index (χ0n) is 14.8. The molecule has 2 aromatic heterocycles. The first kappa shape index (κ1) is 16.0. The molecular weight excluding hydrogens is 312 g/mol. The third-order valence-electron chi connectivity index (χ3n) is 4.96. The molecule has 1 aliphatic heterocycles. The number of hydrogen-bond donors (Lipinski definition) is 0. The molecule has 1 aliphatic rings. The first-order chi connectivity index (χ1) is 12.3. The smallest absolute Gasteiger partial charge is 0.165 e. The number of anilines is 1. The zero-order valence-corrected chi connectivity index (χ0v) is 14.8. The normalized spacial score (nSPS) is 18.8. The lowest BCUT2D eigenvalue weighted by molar-refractivity contribution is 0.220. The van der Waals surface area contributed by atoms with Gasteiger partial charge in [0.2, 0.25) is 0 Å². The zero-order chi connectivity index (χ0) is 17.2. The van der Waals surface area contributed by atoms with Gasteiger partial charge in [-0.1, -0.05) is 30.3 Å². The Balaban J connectivity index is 1.53. The average Bonchev–Trinajstić information content (AvgIpc) is 3.06. The Morgan fingerprint density at radius 1 is 1.08 bits per heavy atom. The quantitative estimate of drug-likeness (QED) is 0.733. The number of hydrogen-bond acceptors (Lipinski definition) is 5. The SMILES string of the molecule is CCn1cnc2c(N3CCN(Cc4ccccc4)C[C@H]3C)ncnc21. The average molecular weight is 336 g/mol. The summed E-state index contributed by atoms with van der Waals surface area (Å²) in [5.74, 6) is 0.962. The molecule has 0 N–H and O–H groups in total. The van der Waals surface area contributed by atoms with Crippen molar-refractivity contribution < 1.29 is 0 Å². The second-order valence-electron chi connectivity index (χ2n) is 6.66. The molecule has 3 aromatic rings. The fourth-order valence-electron chi connectivity index (χ4n) is 3.64. The van der Waals surface area contributed by atoms with Crippen molar-refractivity contribution in [1.82, 2.24) is 24.4 Å². The predicted molar refractivity (Wildman–Crippen MR) is 99.5 cm³/mol. The van der Waals surface area contributed by atoms with Gasteiger partial charge in [-0.25, -0.2) is 15.0 Å². The van der Waals surface area contributed by atoms with Gasteiger partial charge >= 0.3 is 0 Å². The highest BCUT2D eigenvalue weighted by Gasteiger charge is 2.27. The second-order valence-corrected chi connectivity index (χ2v) is 6.66. The lowest BCUT2D eigenvalue weighted by atomic mass is 10.1. The molecule has 0 amide bonds. The van der Waals surface area contributed by atoms with E-state index >= 15 is 0 Å². The first-order valence-corrected chi connectivity index (χ1v) is 8.95. The Morgan fingerprint density at radius 3 is 2.68 bits per heavy atom. The van der Waals surface area contributed by atoms with Gasteiger partial charge in [-0.05, 0) is 19.4 Å². The fourth-order valence-corrected chi connectivity index (χ4v) is 3.64. The van der Waals surface area contributed by atoms with Crippen LogP contribution in [-0.4, -0.2) is 50.1 Å². The summed E-state index contributed by atoms with van der Waals surface area (Å²) in [6.07, 6.45) is 3.52. The Morgan fingerprint density at radius 2 is 1.92 bits per heavy atom. The van der Waals surface area contributed by atoms with Crippen LogP contribution in [0.1, 0.15) is 19.4 Å². The van der Waals surface area contributed by atoms with Crippen LogP contribution in [0.5, 0.6) is 0 Å². The van der Waals surface area contributed by atoms with Crippen molar-refractivity contribution in [2.24, 2.45) is 0 Å². The maximum Gasteiger partial charge on any atom is 0.165 e. The summed E-state index contributed by atoms with van der Waals surface area (Å²) in [5.41, 5.74) is 3.20. The summed E-state index contributed by atoms with van der Waals surface area (Å²) >= 11 is 0. The van der Waals surface area contributed by atoms with E-state index in [9.17, 15) is 0 Å². The van der Waals surface area contributed by atoms with Crippen LogP contribution >= 0.6 is 0 Å². The molecule has 0 aliphatic carbocycles. The lowest BCUT2D eigenvalue weighted by Crippen LogP contribution is -2.52. The molecule has 0 radical (unpaired) electrons. The predicted octanol–water partition coefficient (Wildman–Crippen LogP) is 2.56. The van der Waals surface area contributed by atoms with Crippen LogP contribution < -0.4 is 4.90 Å². The Hall–Kier alpha value is -2.47. The van der Waals surface area contributed by atoms with E-state index in [1.54, 1.807) is 6.33 Å².